The lowest BCUT2D eigenvalue weighted by molar-refractivity contribution is -0.141. The van der Waals surface area contributed by atoms with Gasteiger partial charge in [0.1, 0.15) is 6.61 Å². The van der Waals surface area contributed by atoms with Gasteiger partial charge < -0.3 is 4.74 Å². The number of rotatable bonds is 5. The number of aromatic nitrogens is 2. The summed E-state index contributed by atoms with van der Waals surface area (Å²) in [4.78, 5) is 0.790. The van der Waals surface area contributed by atoms with Crippen LogP contribution in [0.15, 0.2) is 65.6 Å². The molecule has 8 heteroatoms. The maximum absolute atomic E-state index is 13.0. The highest BCUT2D eigenvalue weighted by Gasteiger charge is 2.35. The van der Waals surface area contributed by atoms with Crippen molar-refractivity contribution in [1.82, 2.24) is 9.78 Å². The molecule has 0 aliphatic rings. The lowest BCUT2D eigenvalue weighted by Crippen LogP contribution is -2.07. The molecule has 130 valence electrons. The maximum Gasteiger partial charge on any atom is 0.435 e. The summed E-state index contributed by atoms with van der Waals surface area (Å²) >= 11 is 1.05. The molecule has 0 unspecified atom stereocenters. The fourth-order valence-corrected chi connectivity index (χ4v) is 2.48. The van der Waals surface area contributed by atoms with E-state index in [4.69, 9.17) is 9.88 Å². The summed E-state index contributed by atoms with van der Waals surface area (Å²) in [6.45, 7) is 0.139. The summed E-state index contributed by atoms with van der Waals surface area (Å²) in [5.74, 6) is 0.0179. The van der Waals surface area contributed by atoms with Crippen molar-refractivity contribution in [2.75, 3.05) is 0 Å². The highest BCUT2D eigenvalue weighted by Crippen LogP contribution is 2.32. The molecule has 1 aromatic heterocycles. The van der Waals surface area contributed by atoms with Crippen LogP contribution in [0.1, 0.15) is 11.3 Å². The summed E-state index contributed by atoms with van der Waals surface area (Å²) in [7, 11) is 0. The van der Waals surface area contributed by atoms with Crippen LogP contribution in [-0.4, -0.2) is 9.78 Å². The molecule has 2 aromatic carbocycles. The molecule has 0 radical (unpaired) electrons. The third kappa shape index (κ3) is 4.15. The second-order valence-corrected chi connectivity index (χ2v) is 5.87. The van der Waals surface area contributed by atoms with Crippen molar-refractivity contribution in [3.63, 3.8) is 0 Å². The Bertz CT molecular complexity index is 833. The van der Waals surface area contributed by atoms with Gasteiger partial charge in [0, 0.05) is 11.0 Å². The molecule has 0 fully saturated rings. The van der Waals surface area contributed by atoms with Crippen LogP contribution in [0, 0.1) is 0 Å². The molecule has 0 amide bonds. The molecular weight excluding hydrogens is 351 g/mol. The maximum atomic E-state index is 13.0. The van der Waals surface area contributed by atoms with E-state index in [2.05, 4.69) is 5.10 Å². The monoisotopic (exact) mass is 365 g/mol. The summed E-state index contributed by atoms with van der Waals surface area (Å²) in [5, 5.41) is 9.11. The zero-order valence-corrected chi connectivity index (χ0v) is 13.7. The second kappa shape index (κ2) is 7.20. The molecule has 0 saturated carbocycles. The van der Waals surface area contributed by atoms with Gasteiger partial charge in [-0.05, 0) is 41.8 Å². The van der Waals surface area contributed by atoms with E-state index in [0.717, 1.165) is 33.2 Å². The Morgan fingerprint density at radius 2 is 1.72 bits per heavy atom. The molecule has 2 N–H and O–H groups in total. The van der Waals surface area contributed by atoms with Gasteiger partial charge >= 0.3 is 6.18 Å². The topological polar surface area (TPSA) is 53.1 Å². The molecule has 0 aliphatic carbocycles. The molecule has 0 atom stereocenters. The van der Waals surface area contributed by atoms with Crippen molar-refractivity contribution in [2.45, 2.75) is 17.7 Å². The Morgan fingerprint density at radius 3 is 2.32 bits per heavy atom. The third-order valence-electron chi connectivity index (χ3n) is 3.41. The normalized spacial score (nSPS) is 11.5. The van der Waals surface area contributed by atoms with E-state index in [0.29, 0.717) is 5.69 Å². The van der Waals surface area contributed by atoms with Crippen molar-refractivity contribution in [3.8, 4) is 11.6 Å². The van der Waals surface area contributed by atoms with Gasteiger partial charge in [-0.2, -0.15) is 18.3 Å². The largest absolute Gasteiger partial charge is 0.473 e. The molecular formula is C17H14F3N3OS. The van der Waals surface area contributed by atoms with Crippen LogP contribution in [0.3, 0.4) is 0 Å². The first kappa shape index (κ1) is 17.4. The van der Waals surface area contributed by atoms with Crippen molar-refractivity contribution in [2.24, 2.45) is 5.14 Å². The van der Waals surface area contributed by atoms with Crippen LogP contribution >= 0.6 is 11.9 Å². The number of benzene rings is 2. The first-order chi connectivity index (χ1) is 12.0. The molecule has 0 spiro atoms. The van der Waals surface area contributed by atoms with E-state index in [-0.39, 0.29) is 12.5 Å². The van der Waals surface area contributed by atoms with E-state index >= 15 is 0 Å². The van der Waals surface area contributed by atoms with Crippen LogP contribution in [0.4, 0.5) is 13.2 Å². The minimum Gasteiger partial charge on any atom is -0.473 e. The Hall–Kier alpha value is -2.45. The predicted octanol–water partition coefficient (Wildman–Crippen LogP) is 4.44. The number of hydrogen-bond acceptors (Lipinski definition) is 4. The van der Waals surface area contributed by atoms with E-state index in [9.17, 15) is 13.2 Å². The van der Waals surface area contributed by atoms with Gasteiger partial charge in [0.2, 0.25) is 5.88 Å². The lowest BCUT2D eigenvalue weighted by Gasteiger charge is -2.09. The van der Waals surface area contributed by atoms with E-state index in [1.165, 1.54) is 0 Å². The first-order valence-corrected chi connectivity index (χ1v) is 8.16. The van der Waals surface area contributed by atoms with Crippen LogP contribution in [0.2, 0.25) is 0 Å². The van der Waals surface area contributed by atoms with Crippen LogP contribution in [-0.2, 0) is 12.8 Å². The van der Waals surface area contributed by atoms with Crippen molar-refractivity contribution in [3.05, 3.63) is 71.9 Å². The summed E-state index contributed by atoms with van der Waals surface area (Å²) in [5.41, 5.74) is 0.294. The average Bonchev–Trinajstić information content (AvgIpc) is 3.05. The van der Waals surface area contributed by atoms with E-state index in [1.807, 2.05) is 30.3 Å². The van der Waals surface area contributed by atoms with Crippen LogP contribution in [0.25, 0.3) is 5.69 Å². The zero-order chi connectivity index (χ0) is 17.9. The number of hydrogen-bond donors (Lipinski definition) is 1. The van der Waals surface area contributed by atoms with Crippen molar-refractivity contribution >= 4 is 11.9 Å². The number of ether oxygens (including phenoxy) is 1. The predicted molar refractivity (Wildman–Crippen MR) is 89.4 cm³/mol. The molecule has 4 nitrogen and oxygen atoms in total. The lowest BCUT2D eigenvalue weighted by atomic mass is 10.2. The molecule has 3 aromatic rings. The minimum absolute atomic E-state index is 0.0179. The fourth-order valence-electron chi connectivity index (χ4n) is 2.19. The zero-order valence-electron chi connectivity index (χ0n) is 12.9. The van der Waals surface area contributed by atoms with Gasteiger partial charge in [0.25, 0.3) is 0 Å². The molecule has 3 rings (SSSR count). The van der Waals surface area contributed by atoms with Gasteiger partial charge in [0.15, 0.2) is 5.69 Å². The number of alkyl halides is 3. The summed E-state index contributed by atoms with van der Waals surface area (Å²) in [6, 6.07) is 16.8. The minimum atomic E-state index is -4.55. The standard InChI is InChI=1S/C17H14F3N3OS/c18-17(19,20)15-10-16(24-11-12-4-2-1-3-5-12)23(22-15)13-6-8-14(25-21)9-7-13/h1-10H,11,21H2. The molecule has 25 heavy (non-hydrogen) atoms. The Labute approximate surface area is 146 Å². The third-order valence-corrected chi connectivity index (χ3v) is 3.96. The van der Waals surface area contributed by atoms with Gasteiger partial charge in [-0.25, -0.2) is 4.68 Å². The average molecular weight is 365 g/mol. The molecule has 0 aliphatic heterocycles. The Balaban J connectivity index is 1.92. The molecule has 0 saturated heterocycles. The molecule has 1 heterocycles. The van der Waals surface area contributed by atoms with E-state index in [1.54, 1.807) is 24.3 Å². The number of halogens is 3. The first-order valence-electron chi connectivity index (χ1n) is 7.28. The molecule has 0 bridgehead atoms. The van der Waals surface area contributed by atoms with Gasteiger partial charge in [0.05, 0.1) is 5.69 Å². The van der Waals surface area contributed by atoms with E-state index < -0.39 is 11.9 Å². The van der Waals surface area contributed by atoms with Gasteiger partial charge in [-0.1, -0.05) is 30.3 Å². The highest BCUT2D eigenvalue weighted by atomic mass is 32.2. The Morgan fingerprint density at radius 1 is 1.04 bits per heavy atom. The second-order valence-electron chi connectivity index (χ2n) is 5.16. The SMILES string of the molecule is NSc1ccc(-n2nc(C(F)(F)F)cc2OCc2ccccc2)cc1. The fraction of sp³-hybridized carbons (Fsp3) is 0.118. The summed E-state index contributed by atoms with van der Waals surface area (Å²) in [6.07, 6.45) is -4.55. The summed E-state index contributed by atoms with van der Waals surface area (Å²) < 4.78 is 45.8. The number of nitrogens with two attached hydrogens (primary N) is 1. The van der Waals surface area contributed by atoms with Gasteiger partial charge in [-0.15, -0.1) is 0 Å². The van der Waals surface area contributed by atoms with Crippen molar-refractivity contribution < 1.29 is 17.9 Å². The quantitative estimate of drug-likeness (QED) is 0.680. The van der Waals surface area contributed by atoms with Crippen LogP contribution in [0.5, 0.6) is 5.88 Å². The van der Waals surface area contributed by atoms with Crippen LogP contribution < -0.4 is 9.88 Å². The highest BCUT2D eigenvalue weighted by molar-refractivity contribution is 7.97. The van der Waals surface area contributed by atoms with Crippen molar-refractivity contribution in [1.29, 1.82) is 0 Å². The number of nitrogens with zero attached hydrogens (tertiary/aromatic N) is 2. The Kier molecular flexibility index (Phi) is 5.00. The smallest absolute Gasteiger partial charge is 0.435 e. The van der Waals surface area contributed by atoms with Gasteiger partial charge in [-0.3, -0.25) is 5.14 Å².